The van der Waals surface area contributed by atoms with Crippen LogP contribution in [-0.4, -0.2) is 29.6 Å². The number of halogens is 1. The van der Waals surface area contributed by atoms with Crippen LogP contribution in [0.3, 0.4) is 0 Å². The molecule has 1 saturated heterocycles. The fourth-order valence-electron chi connectivity index (χ4n) is 2.46. The van der Waals surface area contributed by atoms with Crippen LogP contribution in [0.1, 0.15) is 12.8 Å². The quantitative estimate of drug-likeness (QED) is 0.839. The number of hydrogen-bond acceptors (Lipinski definition) is 2. The molecule has 1 heterocycles. The van der Waals surface area contributed by atoms with Gasteiger partial charge >= 0.3 is 6.03 Å². The zero-order valence-electron chi connectivity index (χ0n) is 10.0. The van der Waals surface area contributed by atoms with Crippen molar-refractivity contribution in [3.8, 4) is 0 Å². The minimum Gasteiger partial charge on any atom is -0.322 e. The number of amides is 2. The van der Waals surface area contributed by atoms with Crippen LogP contribution in [0.5, 0.6) is 0 Å². The average Bonchev–Trinajstić information content (AvgIpc) is 3.12. The summed E-state index contributed by atoms with van der Waals surface area (Å²) >= 11 is 0. The Morgan fingerprint density at radius 3 is 2.50 bits per heavy atom. The highest BCUT2D eigenvalue weighted by Crippen LogP contribution is 2.42. The number of carbonyl (C=O) groups is 1. The van der Waals surface area contributed by atoms with Crippen LogP contribution in [0.15, 0.2) is 24.3 Å². The molecule has 18 heavy (non-hydrogen) atoms. The van der Waals surface area contributed by atoms with Crippen molar-refractivity contribution in [2.75, 3.05) is 18.4 Å². The molecule has 0 spiro atoms. The van der Waals surface area contributed by atoms with E-state index >= 15 is 0 Å². The van der Waals surface area contributed by atoms with Crippen molar-refractivity contribution >= 4 is 11.7 Å². The largest absolute Gasteiger partial charge is 0.322 e. The van der Waals surface area contributed by atoms with Gasteiger partial charge in [-0.3, -0.25) is 0 Å². The van der Waals surface area contributed by atoms with Crippen LogP contribution >= 0.6 is 0 Å². The molecule has 1 saturated carbocycles. The molecule has 3 rings (SSSR count). The maximum absolute atomic E-state index is 12.7. The van der Waals surface area contributed by atoms with E-state index in [0.29, 0.717) is 24.7 Å². The van der Waals surface area contributed by atoms with E-state index in [2.05, 4.69) is 5.32 Å². The molecule has 2 aliphatic rings. The van der Waals surface area contributed by atoms with E-state index < -0.39 is 0 Å². The van der Waals surface area contributed by atoms with Crippen molar-refractivity contribution in [2.45, 2.75) is 18.4 Å². The van der Waals surface area contributed by atoms with E-state index in [1.165, 1.54) is 25.0 Å². The first-order chi connectivity index (χ1) is 8.57. The number of urea groups is 1. The van der Waals surface area contributed by atoms with E-state index in [9.17, 15) is 9.18 Å². The van der Waals surface area contributed by atoms with E-state index in [4.69, 9.17) is 5.73 Å². The Hall–Kier alpha value is -1.62. The first kappa shape index (κ1) is 11.5. The third-order valence-electron chi connectivity index (χ3n) is 3.74. The Kier molecular flexibility index (Phi) is 2.52. The molecule has 0 radical (unpaired) electrons. The van der Waals surface area contributed by atoms with Gasteiger partial charge in [-0.2, -0.15) is 0 Å². The number of nitrogens with zero attached hydrogens (tertiary/aromatic N) is 1. The molecule has 5 heteroatoms. The Balaban J connectivity index is 1.55. The summed E-state index contributed by atoms with van der Waals surface area (Å²) in [5.74, 6) is 0.277. The number of rotatable bonds is 2. The minimum absolute atomic E-state index is 0.164. The van der Waals surface area contributed by atoms with Crippen molar-refractivity contribution < 1.29 is 9.18 Å². The number of nitrogens with one attached hydrogen (secondary N) is 1. The maximum atomic E-state index is 12.7. The Bertz CT molecular complexity index is 464. The number of likely N-dealkylation sites (tertiary alicyclic amines) is 1. The number of nitrogens with two attached hydrogens (primary N) is 1. The van der Waals surface area contributed by atoms with Crippen LogP contribution in [0.4, 0.5) is 14.9 Å². The lowest BCUT2D eigenvalue weighted by Crippen LogP contribution is -2.70. The Morgan fingerprint density at radius 2 is 1.94 bits per heavy atom. The highest BCUT2D eigenvalue weighted by Gasteiger charge is 2.51. The highest BCUT2D eigenvalue weighted by atomic mass is 19.1. The third kappa shape index (κ3) is 2.06. The fraction of sp³-hybridized carbons (Fsp3) is 0.462. The van der Waals surface area contributed by atoms with Gasteiger partial charge in [0.15, 0.2) is 0 Å². The monoisotopic (exact) mass is 249 g/mol. The van der Waals surface area contributed by atoms with E-state index in [1.54, 1.807) is 17.0 Å². The van der Waals surface area contributed by atoms with Crippen LogP contribution in [0.25, 0.3) is 0 Å². The van der Waals surface area contributed by atoms with Gasteiger partial charge < -0.3 is 16.0 Å². The summed E-state index contributed by atoms with van der Waals surface area (Å²) in [4.78, 5) is 13.6. The van der Waals surface area contributed by atoms with Crippen molar-refractivity contribution in [2.24, 2.45) is 11.7 Å². The Morgan fingerprint density at radius 1 is 1.33 bits per heavy atom. The summed E-state index contributed by atoms with van der Waals surface area (Å²) in [5, 5.41) is 2.73. The molecule has 0 aromatic heterocycles. The van der Waals surface area contributed by atoms with Gasteiger partial charge in [0.2, 0.25) is 0 Å². The second kappa shape index (κ2) is 3.95. The summed E-state index contributed by atoms with van der Waals surface area (Å²) in [6.45, 7) is 1.23. The number of hydrogen-bond donors (Lipinski definition) is 2. The zero-order chi connectivity index (χ0) is 12.8. The molecular weight excluding hydrogens is 233 g/mol. The Labute approximate surface area is 105 Å². The van der Waals surface area contributed by atoms with Gasteiger partial charge in [-0.1, -0.05) is 0 Å². The van der Waals surface area contributed by atoms with Crippen LogP contribution in [0.2, 0.25) is 0 Å². The average molecular weight is 249 g/mol. The molecule has 4 nitrogen and oxygen atoms in total. The minimum atomic E-state index is -0.313. The number of benzene rings is 1. The second-order valence-electron chi connectivity index (χ2n) is 5.30. The SMILES string of the molecule is NC1(C2CC2)CN(C(=O)Nc2ccc(F)cc2)C1. The molecule has 96 valence electrons. The van der Waals surface area contributed by atoms with Crippen LogP contribution in [0, 0.1) is 11.7 Å². The normalized spacial score (nSPS) is 21.3. The van der Waals surface area contributed by atoms with Gasteiger partial charge in [-0.25, -0.2) is 9.18 Å². The van der Waals surface area contributed by atoms with Gasteiger partial charge in [0, 0.05) is 18.8 Å². The lowest BCUT2D eigenvalue weighted by atomic mass is 9.86. The molecule has 0 bridgehead atoms. The van der Waals surface area contributed by atoms with Crippen molar-refractivity contribution in [1.82, 2.24) is 4.90 Å². The second-order valence-corrected chi connectivity index (χ2v) is 5.30. The topological polar surface area (TPSA) is 58.4 Å². The van der Waals surface area contributed by atoms with Gasteiger partial charge in [-0.05, 0) is 43.0 Å². The molecule has 2 fully saturated rings. The van der Waals surface area contributed by atoms with Crippen LogP contribution < -0.4 is 11.1 Å². The lowest BCUT2D eigenvalue weighted by molar-refractivity contribution is 0.0895. The molecule has 1 aliphatic carbocycles. The molecule has 2 amide bonds. The summed E-state index contributed by atoms with van der Waals surface area (Å²) in [6.07, 6.45) is 2.37. The summed E-state index contributed by atoms with van der Waals surface area (Å²) in [7, 11) is 0. The van der Waals surface area contributed by atoms with Crippen molar-refractivity contribution in [1.29, 1.82) is 0 Å². The first-order valence-corrected chi connectivity index (χ1v) is 6.17. The smallest absolute Gasteiger partial charge is 0.321 e. The summed E-state index contributed by atoms with van der Waals surface area (Å²) in [5.41, 5.74) is 6.61. The summed E-state index contributed by atoms with van der Waals surface area (Å²) < 4.78 is 12.7. The standard InChI is InChI=1S/C13H16FN3O/c14-10-3-5-11(6-4-10)16-12(18)17-7-13(15,8-17)9-1-2-9/h3-6,9H,1-2,7-8,15H2,(H,16,18). The molecule has 0 atom stereocenters. The van der Waals surface area contributed by atoms with Crippen molar-refractivity contribution in [3.05, 3.63) is 30.1 Å². The molecule has 0 unspecified atom stereocenters. The van der Waals surface area contributed by atoms with E-state index in [1.807, 2.05) is 0 Å². The van der Waals surface area contributed by atoms with E-state index in [0.717, 1.165) is 0 Å². The third-order valence-corrected chi connectivity index (χ3v) is 3.74. The predicted octanol–water partition coefficient (Wildman–Crippen LogP) is 1.78. The molecule has 1 aliphatic heterocycles. The van der Waals surface area contributed by atoms with Crippen LogP contribution in [-0.2, 0) is 0 Å². The zero-order valence-corrected chi connectivity index (χ0v) is 10.0. The predicted molar refractivity (Wildman–Crippen MR) is 66.6 cm³/mol. The van der Waals surface area contributed by atoms with Gasteiger partial charge in [-0.15, -0.1) is 0 Å². The maximum Gasteiger partial charge on any atom is 0.321 e. The van der Waals surface area contributed by atoms with E-state index in [-0.39, 0.29) is 17.4 Å². The highest BCUT2D eigenvalue weighted by molar-refractivity contribution is 5.90. The van der Waals surface area contributed by atoms with Gasteiger partial charge in [0.1, 0.15) is 5.82 Å². The summed E-state index contributed by atoms with van der Waals surface area (Å²) in [6, 6.07) is 5.57. The molecule has 1 aromatic rings. The van der Waals surface area contributed by atoms with Crippen molar-refractivity contribution in [3.63, 3.8) is 0 Å². The number of carbonyl (C=O) groups excluding carboxylic acids is 1. The fourth-order valence-corrected chi connectivity index (χ4v) is 2.46. The first-order valence-electron chi connectivity index (χ1n) is 6.17. The molecular formula is C13H16FN3O. The molecule has 1 aromatic carbocycles. The van der Waals surface area contributed by atoms with Gasteiger partial charge in [0.25, 0.3) is 0 Å². The van der Waals surface area contributed by atoms with Gasteiger partial charge in [0.05, 0.1) is 5.54 Å². The molecule has 3 N–H and O–H groups in total. The lowest BCUT2D eigenvalue weighted by Gasteiger charge is -2.48. The number of anilines is 1.